The van der Waals surface area contributed by atoms with Gasteiger partial charge in [-0.3, -0.25) is 4.79 Å². The van der Waals surface area contributed by atoms with E-state index < -0.39 is 35.3 Å². The topological polar surface area (TPSA) is 66.4 Å². The van der Waals surface area contributed by atoms with Gasteiger partial charge >= 0.3 is 18.1 Å². The minimum absolute atomic E-state index is 0.277. The highest BCUT2D eigenvalue weighted by atomic mass is 19.4. The molecule has 0 aromatic heterocycles. The quantitative estimate of drug-likeness (QED) is 0.838. The van der Waals surface area contributed by atoms with Gasteiger partial charge in [-0.25, -0.2) is 9.18 Å². The Hall–Kier alpha value is -2.12. The van der Waals surface area contributed by atoms with E-state index in [0.29, 0.717) is 0 Å². The Morgan fingerprint density at radius 2 is 1.62 bits per heavy atom. The van der Waals surface area contributed by atoms with Crippen LogP contribution in [0.4, 0.5) is 17.6 Å². The molecular weight excluding hydrogens is 294 g/mol. The van der Waals surface area contributed by atoms with Crippen LogP contribution < -0.4 is 5.32 Å². The van der Waals surface area contributed by atoms with Crippen LogP contribution in [0.3, 0.4) is 0 Å². The van der Waals surface area contributed by atoms with Crippen LogP contribution in [0.5, 0.6) is 0 Å². The molecule has 0 bridgehead atoms. The molecule has 4 nitrogen and oxygen atoms in total. The predicted molar refractivity (Wildman–Crippen MR) is 65.0 cm³/mol. The summed E-state index contributed by atoms with van der Waals surface area (Å²) in [5.74, 6) is -4.53. The first-order valence-electron chi connectivity index (χ1n) is 5.83. The zero-order valence-electron chi connectivity index (χ0n) is 11.2. The third kappa shape index (κ3) is 3.93. The summed E-state index contributed by atoms with van der Waals surface area (Å²) in [6.07, 6.45) is -5.19. The van der Waals surface area contributed by atoms with Gasteiger partial charge in [0.25, 0.3) is 0 Å². The minimum Gasteiger partial charge on any atom is -0.480 e. The van der Waals surface area contributed by atoms with E-state index in [1.54, 1.807) is 0 Å². The lowest BCUT2D eigenvalue weighted by atomic mass is 9.77. The fourth-order valence-corrected chi connectivity index (χ4v) is 1.81. The standard InChI is InChI=1S/C13H13F4NO3/c1-12(2,7-3-5-8(14)6-4-7)9(10(19)20)18-11(21)13(15,16)17/h3-6,9H,1-2H3,(H,18,21)(H,19,20). The van der Waals surface area contributed by atoms with Crippen LogP contribution in [0.2, 0.25) is 0 Å². The van der Waals surface area contributed by atoms with E-state index in [9.17, 15) is 27.2 Å². The summed E-state index contributed by atoms with van der Waals surface area (Å²) in [6.45, 7) is 2.69. The maximum absolute atomic E-state index is 12.9. The molecule has 1 aromatic rings. The van der Waals surface area contributed by atoms with Gasteiger partial charge in [-0.05, 0) is 17.7 Å². The maximum atomic E-state index is 12.9. The summed E-state index contributed by atoms with van der Waals surface area (Å²) in [5.41, 5.74) is -1.10. The molecular formula is C13H13F4NO3. The fraction of sp³-hybridized carbons (Fsp3) is 0.385. The highest BCUT2D eigenvalue weighted by Gasteiger charge is 2.45. The summed E-state index contributed by atoms with van der Waals surface area (Å²) >= 11 is 0. The second kappa shape index (κ2) is 5.71. The summed E-state index contributed by atoms with van der Waals surface area (Å²) in [7, 11) is 0. The minimum atomic E-state index is -5.19. The molecule has 0 fully saturated rings. The van der Waals surface area contributed by atoms with E-state index in [-0.39, 0.29) is 5.56 Å². The molecule has 0 spiro atoms. The van der Waals surface area contributed by atoms with Gasteiger partial charge in [0.15, 0.2) is 0 Å². The number of nitrogens with one attached hydrogen (secondary N) is 1. The lowest BCUT2D eigenvalue weighted by molar-refractivity contribution is -0.176. The Balaban J connectivity index is 3.12. The van der Waals surface area contributed by atoms with Crippen molar-refractivity contribution >= 4 is 11.9 Å². The Labute approximate surface area is 117 Å². The van der Waals surface area contributed by atoms with E-state index in [4.69, 9.17) is 5.11 Å². The first-order chi connectivity index (χ1) is 9.46. The van der Waals surface area contributed by atoms with Crippen molar-refractivity contribution < 1.29 is 32.3 Å². The molecule has 1 aromatic carbocycles. The number of hydrogen-bond acceptors (Lipinski definition) is 2. The third-order valence-corrected chi connectivity index (χ3v) is 3.09. The monoisotopic (exact) mass is 307 g/mol. The van der Waals surface area contributed by atoms with Crippen LogP contribution in [0.15, 0.2) is 24.3 Å². The zero-order chi connectivity index (χ0) is 16.4. The van der Waals surface area contributed by atoms with Crippen LogP contribution in [-0.2, 0) is 15.0 Å². The second-order valence-electron chi connectivity index (χ2n) is 4.97. The van der Waals surface area contributed by atoms with Crippen LogP contribution in [0, 0.1) is 5.82 Å². The number of carbonyl (C=O) groups is 2. The number of aliphatic carboxylic acids is 1. The molecule has 0 radical (unpaired) electrons. The Bertz CT molecular complexity index is 537. The first kappa shape index (κ1) is 16.9. The molecule has 1 amide bonds. The largest absolute Gasteiger partial charge is 0.480 e. The molecule has 8 heteroatoms. The van der Waals surface area contributed by atoms with Crippen LogP contribution in [-0.4, -0.2) is 29.2 Å². The molecule has 0 aliphatic rings. The highest BCUT2D eigenvalue weighted by Crippen LogP contribution is 2.28. The van der Waals surface area contributed by atoms with Gasteiger partial charge in [0.2, 0.25) is 0 Å². The van der Waals surface area contributed by atoms with Gasteiger partial charge in [0, 0.05) is 5.41 Å². The fourth-order valence-electron chi connectivity index (χ4n) is 1.81. The van der Waals surface area contributed by atoms with Gasteiger partial charge in [-0.1, -0.05) is 26.0 Å². The van der Waals surface area contributed by atoms with Gasteiger partial charge < -0.3 is 10.4 Å². The SMILES string of the molecule is CC(C)(c1ccc(F)cc1)C(NC(=O)C(F)(F)F)C(=O)O. The van der Waals surface area contributed by atoms with E-state index in [2.05, 4.69) is 0 Å². The average Bonchev–Trinajstić information content (AvgIpc) is 2.34. The van der Waals surface area contributed by atoms with Crippen LogP contribution >= 0.6 is 0 Å². The smallest absolute Gasteiger partial charge is 0.471 e. The van der Waals surface area contributed by atoms with Crippen molar-refractivity contribution in [3.8, 4) is 0 Å². The molecule has 116 valence electrons. The zero-order valence-corrected chi connectivity index (χ0v) is 11.2. The Morgan fingerprint density at radius 1 is 1.14 bits per heavy atom. The number of hydrogen-bond donors (Lipinski definition) is 2. The summed E-state index contributed by atoms with van der Waals surface area (Å²) in [5, 5.41) is 10.5. The Morgan fingerprint density at radius 3 is 2.00 bits per heavy atom. The van der Waals surface area contributed by atoms with E-state index in [1.165, 1.54) is 31.3 Å². The summed E-state index contributed by atoms with van der Waals surface area (Å²) in [6, 6.07) is 2.80. The first-order valence-corrected chi connectivity index (χ1v) is 5.83. The number of alkyl halides is 3. The summed E-state index contributed by atoms with van der Waals surface area (Å²) in [4.78, 5) is 22.1. The van der Waals surface area contributed by atoms with Gasteiger partial charge in [-0.2, -0.15) is 13.2 Å². The molecule has 1 unspecified atom stereocenters. The van der Waals surface area contributed by atoms with Crippen molar-refractivity contribution in [2.45, 2.75) is 31.5 Å². The number of carboxylic acids is 1. The molecule has 2 N–H and O–H groups in total. The summed E-state index contributed by atoms with van der Waals surface area (Å²) < 4.78 is 49.7. The Kier molecular flexibility index (Phi) is 4.60. The number of halogens is 4. The molecule has 0 saturated heterocycles. The molecule has 21 heavy (non-hydrogen) atoms. The number of amides is 1. The molecule has 0 aliphatic carbocycles. The molecule has 0 heterocycles. The predicted octanol–water partition coefficient (Wildman–Crippen LogP) is 2.23. The maximum Gasteiger partial charge on any atom is 0.471 e. The lowest BCUT2D eigenvalue weighted by Gasteiger charge is -2.32. The van der Waals surface area contributed by atoms with Crippen molar-refractivity contribution in [3.05, 3.63) is 35.6 Å². The molecule has 1 atom stereocenters. The third-order valence-electron chi connectivity index (χ3n) is 3.09. The second-order valence-corrected chi connectivity index (χ2v) is 4.97. The van der Waals surface area contributed by atoms with Crippen LogP contribution in [0.1, 0.15) is 19.4 Å². The average molecular weight is 307 g/mol. The van der Waals surface area contributed by atoms with Crippen molar-refractivity contribution in [2.24, 2.45) is 0 Å². The molecule has 1 rings (SSSR count). The lowest BCUT2D eigenvalue weighted by Crippen LogP contribution is -2.55. The van der Waals surface area contributed by atoms with Crippen molar-refractivity contribution in [2.75, 3.05) is 0 Å². The van der Waals surface area contributed by atoms with Gasteiger partial charge in [-0.15, -0.1) is 0 Å². The van der Waals surface area contributed by atoms with Crippen LogP contribution in [0.25, 0.3) is 0 Å². The van der Waals surface area contributed by atoms with Gasteiger partial charge in [0.1, 0.15) is 11.9 Å². The number of benzene rings is 1. The van der Waals surface area contributed by atoms with Crippen molar-refractivity contribution in [1.29, 1.82) is 0 Å². The van der Waals surface area contributed by atoms with E-state index >= 15 is 0 Å². The number of carbonyl (C=O) groups excluding carboxylic acids is 1. The molecule has 0 saturated carbocycles. The van der Waals surface area contributed by atoms with E-state index in [0.717, 1.165) is 12.1 Å². The van der Waals surface area contributed by atoms with Crippen molar-refractivity contribution in [3.63, 3.8) is 0 Å². The van der Waals surface area contributed by atoms with E-state index in [1.807, 2.05) is 0 Å². The number of rotatable bonds is 4. The number of carboxylic acid groups (broad SMARTS) is 1. The molecule has 0 aliphatic heterocycles. The van der Waals surface area contributed by atoms with Crippen molar-refractivity contribution in [1.82, 2.24) is 5.32 Å². The normalized spacial score (nSPS) is 13.6. The van der Waals surface area contributed by atoms with Gasteiger partial charge in [0.05, 0.1) is 0 Å². The highest BCUT2D eigenvalue weighted by molar-refractivity contribution is 5.88.